The number of rotatable bonds is 2. The minimum Gasteiger partial charge on any atom is -0.454 e. The zero-order valence-corrected chi connectivity index (χ0v) is 24.1. The van der Waals surface area contributed by atoms with Crippen LogP contribution in [0, 0.1) is 0 Å². The lowest BCUT2D eigenvalue weighted by atomic mass is 9.98. The minimum absolute atomic E-state index is 0.698. The van der Waals surface area contributed by atoms with Crippen LogP contribution in [-0.2, 0) is 0 Å². The van der Waals surface area contributed by atoms with Gasteiger partial charge in [0.25, 0.3) is 0 Å². The zero-order valence-electron chi connectivity index (χ0n) is 24.1. The van der Waals surface area contributed by atoms with Crippen molar-refractivity contribution in [2.75, 3.05) is 0 Å². The monoisotopic (exact) mass is 592 g/mol. The molecule has 214 valence electrons. The summed E-state index contributed by atoms with van der Waals surface area (Å²) in [6.45, 7) is 0. The number of fused-ring (bicyclic) bond motifs is 12. The average Bonchev–Trinajstić information content (AvgIpc) is 3.86. The molecule has 46 heavy (non-hydrogen) atoms. The second-order valence-electron chi connectivity index (χ2n) is 11.7. The lowest BCUT2D eigenvalue weighted by Crippen LogP contribution is -1.87. The molecule has 0 saturated heterocycles. The van der Waals surface area contributed by atoms with Crippen LogP contribution >= 0.6 is 0 Å². The van der Waals surface area contributed by atoms with Crippen molar-refractivity contribution in [3.8, 4) is 22.3 Å². The van der Waals surface area contributed by atoms with Gasteiger partial charge < -0.3 is 17.7 Å². The van der Waals surface area contributed by atoms with Gasteiger partial charge in [-0.05, 0) is 59.7 Å². The Morgan fingerprint density at radius 2 is 0.565 bits per heavy atom. The van der Waals surface area contributed by atoms with Crippen LogP contribution in [0.3, 0.4) is 0 Å². The van der Waals surface area contributed by atoms with Gasteiger partial charge in [0.05, 0.1) is 11.1 Å². The molecule has 0 N–H and O–H groups in total. The Morgan fingerprint density at radius 1 is 0.304 bits per heavy atom. The Kier molecular flexibility index (Phi) is 4.49. The minimum atomic E-state index is 0.698. The molecule has 6 heteroatoms. The van der Waals surface area contributed by atoms with Crippen LogP contribution in [0.4, 0.5) is 0 Å². The maximum atomic E-state index is 6.48. The van der Waals surface area contributed by atoms with Crippen molar-refractivity contribution in [1.82, 2.24) is 9.97 Å². The molecule has 6 heterocycles. The highest BCUT2D eigenvalue weighted by Crippen LogP contribution is 2.45. The van der Waals surface area contributed by atoms with Crippen LogP contribution in [-0.4, -0.2) is 9.97 Å². The summed E-state index contributed by atoms with van der Waals surface area (Å²) in [6, 6.07) is 40.5. The molecule has 6 nitrogen and oxygen atoms in total. The average molecular weight is 593 g/mol. The molecule has 0 aliphatic carbocycles. The van der Waals surface area contributed by atoms with E-state index in [2.05, 4.69) is 48.5 Å². The summed E-state index contributed by atoms with van der Waals surface area (Å²) >= 11 is 0. The van der Waals surface area contributed by atoms with Gasteiger partial charge in [-0.3, -0.25) is 0 Å². The Morgan fingerprint density at radius 3 is 0.848 bits per heavy atom. The number of nitrogens with zero attached hydrogens (tertiary/aromatic N) is 2. The Hall–Kier alpha value is -6.40. The standard InChI is InChI=1S/C40H20N2O4/c1-5-13-27-23(9-1)33-37(43-27)31(38-34(41-33)24-10-2-6-14-28(24)44-38)21-17-19-22(20-18-21)32-39-35(25-11-3-7-15-29(25)45-39)42-36-26-12-4-8-16-30(26)46-40(32)36/h1-20H. The molecule has 0 saturated carbocycles. The lowest BCUT2D eigenvalue weighted by molar-refractivity contribution is 0.656. The maximum absolute atomic E-state index is 6.48. The molecule has 0 aliphatic rings. The summed E-state index contributed by atoms with van der Waals surface area (Å²) in [5, 5.41) is 3.88. The topological polar surface area (TPSA) is 78.3 Å². The van der Waals surface area contributed by atoms with Crippen LogP contribution in [0.1, 0.15) is 0 Å². The van der Waals surface area contributed by atoms with Crippen molar-refractivity contribution in [1.29, 1.82) is 0 Å². The fourth-order valence-electron chi connectivity index (χ4n) is 7.01. The second kappa shape index (κ2) is 8.61. The van der Waals surface area contributed by atoms with Crippen LogP contribution in [0.25, 0.3) is 111 Å². The first-order valence-corrected chi connectivity index (χ1v) is 15.2. The van der Waals surface area contributed by atoms with E-state index in [1.807, 2.05) is 72.8 Å². The normalized spacial score (nSPS) is 12.3. The summed E-state index contributed by atoms with van der Waals surface area (Å²) in [5.41, 5.74) is 12.9. The van der Waals surface area contributed by atoms with Crippen molar-refractivity contribution in [3.05, 3.63) is 121 Å². The Bertz CT molecular complexity index is 2650. The lowest BCUT2D eigenvalue weighted by Gasteiger charge is -2.08. The summed E-state index contributed by atoms with van der Waals surface area (Å²) in [4.78, 5) is 10.2. The number of furan rings is 4. The second-order valence-corrected chi connectivity index (χ2v) is 11.7. The molecule has 0 unspecified atom stereocenters. The molecule has 0 aliphatic heterocycles. The van der Waals surface area contributed by atoms with Crippen molar-refractivity contribution < 1.29 is 17.7 Å². The highest BCUT2D eigenvalue weighted by molar-refractivity contribution is 6.20. The molecule has 0 fully saturated rings. The van der Waals surface area contributed by atoms with E-state index >= 15 is 0 Å². The third-order valence-corrected chi connectivity index (χ3v) is 9.09. The first-order chi connectivity index (χ1) is 22.8. The van der Waals surface area contributed by atoms with Gasteiger partial charge in [0.2, 0.25) is 0 Å². The zero-order chi connectivity index (χ0) is 29.9. The molecular weight excluding hydrogens is 572 g/mol. The first-order valence-electron chi connectivity index (χ1n) is 15.2. The van der Waals surface area contributed by atoms with Gasteiger partial charge in [-0.1, -0.05) is 72.8 Å². The number of hydrogen-bond acceptors (Lipinski definition) is 6. The molecule has 11 rings (SSSR count). The van der Waals surface area contributed by atoms with Gasteiger partial charge in [-0.15, -0.1) is 0 Å². The quantitative estimate of drug-likeness (QED) is 0.199. The smallest absolute Gasteiger partial charge is 0.165 e. The summed E-state index contributed by atoms with van der Waals surface area (Å²) in [6.07, 6.45) is 0. The predicted molar refractivity (Wildman–Crippen MR) is 182 cm³/mol. The SMILES string of the molecule is c1ccc2c(c1)oc1c(-c3ccc(-c4c5oc6ccccc6c5nc5c4oc4ccccc45)cc3)c3oc4ccccc4c3nc12. The third-order valence-electron chi connectivity index (χ3n) is 9.09. The van der Waals surface area contributed by atoms with Crippen LogP contribution < -0.4 is 0 Å². The van der Waals surface area contributed by atoms with Crippen LogP contribution in [0.5, 0.6) is 0 Å². The van der Waals surface area contributed by atoms with Gasteiger partial charge in [-0.25, -0.2) is 9.97 Å². The van der Waals surface area contributed by atoms with E-state index in [0.717, 1.165) is 88.2 Å². The van der Waals surface area contributed by atoms with Crippen LogP contribution in [0.15, 0.2) is 139 Å². The van der Waals surface area contributed by atoms with Crippen molar-refractivity contribution in [3.63, 3.8) is 0 Å². The van der Waals surface area contributed by atoms with E-state index < -0.39 is 0 Å². The number of hydrogen-bond donors (Lipinski definition) is 0. The highest BCUT2D eigenvalue weighted by Gasteiger charge is 2.25. The number of para-hydroxylation sites is 4. The molecular formula is C40H20N2O4. The molecule has 0 amide bonds. The van der Waals surface area contributed by atoms with E-state index in [1.54, 1.807) is 0 Å². The highest BCUT2D eigenvalue weighted by atomic mass is 16.4. The molecule has 11 aromatic rings. The molecule has 5 aromatic carbocycles. The fourth-order valence-corrected chi connectivity index (χ4v) is 7.01. The van der Waals surface area contributed by atoms with Gasteiger partial charge >= 0.3 is 0 Å². The third kappa shape index (κ3) is 3.09. The van der Waals surface area contributed by atoms with E-state index in [1.165, 1.54) is 0 Å². The predicted octanol–water partition coefficient (Wildman–Crippen LogP) is 11.4. The molecule has 6 aromatic heterocycles. The van der Waals surface area contributed by atoms with Gasteiger partial charge in [0.1, 0.15) is 44.4 Å². The Labute approximate surface area is 259 Å². The Balaban J connectivity index is 1.21. The van der Waals surface area contributed by atoms with Crippen molar-refractivity contribution >= 4 is 88.3 Å². The summed E-state index contributed by atoms with van der Waals surface area (Å²) < 4.78 is 25.9. The summed E-state index contributed by atoms with van der Waals surface area (Å²) in [7, 11) is 0. The maximum Gasteiger partial charge on any atom is 0.165 e. The first kappa shape index (κ1) is 24.0. The molecule has 0 spiro atoms. The van der Waals surface area contributed by atoms with Gasteiger partial charge in [-0.2, -0.15) is 0 Å². The van der Waals surface area contributed by atoms with E-state index in [0.29, 0.717) is 22.3 Å². The number of pyridine rings is 2. The van der Waals surface area contributed by atoms with E-state index in [9.17, 15) is 0 Å². The molecule has 0 atom stereocenters. The fraction of sp³-hybridized carbons (Fsp3) is 0. The number of aromatic nitrogens is 2. The molecule has 0 bridgehead atoms. The van der Waals surface area contributed by atoms with E-state index in [-0.39, 0.29) is 0 Å². The van der Waals surface area contributed by atoms with Crippen molar-refractivity contribution in [2.45, 2.75) is 0 Å². The van der Waals surface area contributed by atoms with Gasteiger partial charge in [0, 0.05) is 21.5 Å². The van der Waals surface area contributed by atoms with Crippen molar-refractivity contribution in [2.24, 2.45) is 0 Å². The van der Waals surface area contributed by atoms with Gasteiger partial charge in [0.15, 0.2) is 22.3 Å². The summed E-state index contributed by atoms with van der Waals surface area (Å²) in [5.74, 6) is 0. The van der Waals surface area contributed by atoms with E-state index in [4.69, 9.17) is 27.6 Å². The molecule has 0 radical (unpaired) electrons. The van der Waals surface area contributed by atoms with Crippen LogP contribution in [0.2, 0.25) is 0 Å². The number of benzene rings is 5. The largest absolute Gasteiger partial charge is 0.454 e.